The van der Waals surface area contributed by atoms with Crippen LogP contribution in [0.4, 0.5) is 11.4 Å². The molecular formula is C16H21N3OS. The molecule has 2 N–H and O–H groups in total. The molecule has 0 aliphatic heterocycles. The number of hydrogen-bond acceptors (Lipinski definition) is 3. The van der Waals surface area contributed by atoms with Gasteiger partial charge in [-0.3, -0.25) is 0 Å². The Morgan fingerprint density at radius 1 is 1.14 bits per heavy atom. The van der Waals surface area contributed by atoms with Gasteiger partial charge >= 0.3 is 0 Å². The molecule has 21 heavy (non-hydrogen) atoms. The van der Waals surface area contributed by atoms with Crippen molar-refractivity contribution in [2.24, 2.45) is 0 Å². The summed E-state index contributed by atoms with van der Waals surface area (Å²) >= 11 is 5.28. The Labute approximate surface area is 131 Å². The molecule has 0 atom stereocenters. The van der Waals surface area contributed by atoms with Gasteiger partial charge in [0, 0.05) is 36.6 Å². The van der Waals surface area contributed by atoms with Crippen molar-refractivity contribution in [1.29, 1.82) is 0 Å². The van der Waals surface area contributed by atoms with Crippen molar-refractivity contribution in [2.45, 2.75) is 20.4 Å². The first-order valence-electron chi connectivity index (χ1n) is 7.13. The quantitative estimate of drug-likeness (QED) is 0.798. The first-order valence-corrected chi connectivity index (χ1v) is 7.54. The molecule has 112 valence electrons. The average Bonchev–Trinajstić information content (AvgIpc) is 3.01. The van der Waals surface area contributed by atoms with Crippen molar-refractivity contribution in [3.05, 3.63) is 48.4 Å². The standard InChI is InChI=1S/C16H21N3OS/c1-3-19(4-2)15-7-5-14(6-8-15)18-16(21)17-11-13-9-10-20-12-13/h5-10,12H,3-4,11H2,1-2H3,(H2,17,18,21). The first kappa shape index (κ1) is 15.4. The third kappa shape index (κ3) is 4.49. The Morgan fingerprint density at radius 3 is 2.43 bits per heavy atom. The summed E-state index contributed by atoms with van der Waals surface area (Å²) in [7, 11) is 0. The van der Waals surface area contributed by atoms with Crippen LogP contribution in [0.2, 0.25) is 0 Å². The van der Waals surface area contributed by atoms with Crippen molar-refractivity contribution < 1.29 is 4.42 Å². The molecule has 0 unspecified atom stereocenters. The molecular weight excluding hydrogens is 282 g/mol. The van der Waals surface area contributed by atoms with E-state index in [1.165, 1.54) is 5.69 Å². The van der Waals surface area contributed by atoms with E-state index in [0.717, 1.165) is 24.3 Å². The van der Waals surface area contributed by atoms with Crippen LogP contribution in [0.15, 0.2) is 47.3 Å². The van der Waals surface area contributed by atoms with E-state index in [1.807, 2.05) is 18.2 Å². The van der Waals surface area contributed by atoms with Gasteiger partial charge in [-0.1, -0.05) is 0 Å². The van der Waals surface area contributed by atoms with Gasteiger partial charge in [0.05, 0.1) is 12.5 Å². The van der Waals surface area contributed by atoms with E-state index >= 15 is 0 Å². The zero-order valence-corrected chi connectivity index (χ0v) is 13.2. The van der Waals surface area contributed by atoms with E-state index in [1.54, 1.807) is 12.5 Å². The van der Waals surface area contributed by atoms with Gasteiger partial charge in [-0.25, -0.2) is 0 Å². The lowest BCUT2D eigenvalue weighted by atomic mass is 10.2. The van der Waals surface area contributed by atoms with Gasteiger partial charge in [-0.15, -0.1) is 0 Å². The fraction of sp³-hybridized carbons (Fsp3) is 0.312. The van der Waals surface area contributed by atoms with E-state index in [4.69, 9.17) is 16.6 Å². The molecule has 0 aliphatic carbocycles. The topological polar surface area (TPSA) is 40.4 Å². The molecule has 1 aromatic carbocycles. The Hall–Kier alpha value is -2.01. The molecule has 2 rings (SSSR count). The molecule has 4 nitrogen and oxygen atoms in total. The molecule has 0 radical (unpaired) electrons. The molecule has 0 saturated heterocycles. The molecule has 0 fully saturated rings. The smallest absolute Gasteiger partial charge is 0.171 e. The van der Waals surface area contributed by atoms with Gasteiger partial charge < -0.3 is 20.0 Å². The van der Waals surface area contributed by atoms with Crippen LogP contribution in [-0.4, -0.2) is 18.2 Å². The number of anilines is 2. The summed E-state index contributed by atoms with van der Waals surface area (Å²) in [5.74, 6) is 0. The van der Waals surface area contributed by atoms with Crippen LogP contribution >= 0.6 is 12.2 Å². The second kappa shape index (κ2) is 7.69. The summed E-state index contributed by atoms with van der Waals surface area (Å²) in [6.45, 7) is 6.98. The molecule has 1 heterocycles. The van der Waals surface area contributed by atoms with E-state index in [9.17, 15) is 0 Å². The van der Waals surface area contributed by atoms with Crippen molar-refractivity contribution >= 4 is 28.7 Å². The van der Waals surface area contributed by atoms with Crippen LogP contribution in [0, 0.1) is 0 Å². The fourth-order valence-corrected chi connectivity index (χ4v) is 2.29. The molecule has 0 saturated carbocycles. The minimum absolute atomic E-state index is 0.604. The minimum atomic E-state index is 0.604. The Morgan fingerprint density at radius 2 is 1.86 bits per heavy atom. The molecule has 0 spiro atoms. The highest BCUT2D eigenvalue weighted by molar-refractivity contribution is 7.80. The van der Waals surface area contributed by atoms with Crippen LogP contribution in [0.1, 0.15) is 19.4 Å². The minimum Gasteiger partial charge on any atom is -0.472 e. The Kier molecular flexibility index (Phi) is 5.63. The number of nitrogens with one attached hydrogen (secondary N) is 2. The maximum Gasteiger partial charge on any atom is 0.171 e. The Bertz CT molecular complexity index is 547. The van der Waals surface area contributed by atoms with Crippen molar-refractivity contribution in [1.82, 2.24) is 5.32 Å². The lowest BCUT2D eigenvalue weighted by Crippen LogP contribution is -2.27. The second-order valence-corrected chi connectivity index (χ2v) is 5.07. The predicted octanol–water partition coefficient (Wildman–Crippen LogP) is 3.61. The van der Waals surface area contributed by atoms with Gasteiger partial charge in [0.25, 0.3) is 0 Å². The normalized spacial score (nSPS) is 10.2. The maximum absolute atomic E-state index is 5.28. The van der Waals surface area contributed by atoms with Gasteiger partial charge in [0.2, 0.25) is 0 Å². The number of hydrogen-bond donors (Lipinski definition) is 2. The molecule has 5 heteroatoms. The maximum atomic E-state index is 5.28. The van der Waals surface area contributed by atoms with E-state index < -0.39 is 0 Å². The predicted molar refractivity (Wildman–Crippen MR) is 91.8 cm³/mol. The molecule has 0 aliphatic rings. The van der Waals surface area contributed by atoms with Gasteiger partial charge in [-0.05, 0) is 56.4 Å². The zero-order valence-electron chi connectivity index (χ0n) is 12.4. The third-order valence-corrected chi connectivity index (χ3v) is 3.53. The van der Waals surface area contributed by atoms with E-state index in [2.05, 4.69) is 41.5 Å². The summed E-state index contributed by atoms with van der Waals surface area (Å²) < 4.78 is 5.01. The van der Waals surface area contributed by atoms with Crippen molar-refractivity contribution in [3.63, 3.8) is 0 Å². The largest absolute Gasteiger partial charge is 0.472 e. The number of thiocarbonyl (C=S) groups is 1. The number of benzene rings is 1. The van der Waals surface area contributed by atoms with Crippen LogP contribution in [-0.2, 0) is 6.54 Å². The summed E-state index contributed by atoms with van der Waals surface area (Å²) in [6.07, 6.45) is 3.36. The van der Waals surface area contributed by atoms with E-state index in [0.29, 0.717) is 11.7 Å². The number of nitrogens with zero attached hydrogens (tertiary/aromatic N) is 1. The SMILES string of the molecule is CCN(CC)c1ccc(NC(=S)NCc2ccoc2)cc1. The van der Waals surface area contributed by atoms with Gasteiger partial charge in [-0.2, -0.15) is 0 Å². The highest BCUT2D eigenvalue weighted by atomic mass is 32.1. The molecule has 0 bridgehead atoms. The van der Waals surface area contributed by atoms with Crippen LogP contribution in [0.25, 0.3) is 0 Å². The van der Waals surface area contributed by atoms with Crippen LogP contribution < -0.4 is 15.5 Å². The van der Waals surface area contributed by atoms with Crippen molar-refractivity contribution in [3.8, 4) is 0 Å². The lowest BCUT2D eigenvalue weighted by molar-refractivity contribution is 0.563. The second-order valence-electron chi connectivity index (χ2n) is 4.66. The first-order chi connectivity index (χ1) is 10.2. The van der Waals surface area contributed by atoms with Crippen LogP contribution in [0.5, 0.6) is 0 Å². The summed E-state index contributed by atoms with van der Waals surface area (Å²) in [4.78, 5) is 2.30. The zero-order chi connectivity index (χ0) is 15.1. The van der Waals surface area contributed by atoms with Crippen LogP contribution in [0.3, 0.4) is 0 Å². The van der Waals surface area contributed by atoms with Gasteiger partial charge in [0.15, 0.2) is 5.11 Å². The highest BCUT2D eigenvalue weighted by Crippen LogP contribution is 2.17. The average molecular weight is 303 g/mol. The Balaban J connectivity index is 1.86. The van der Waals surface area contributed by atoms with E-state index in [-0.39, 0.29) is 0 Å². The fourth-order valence-electron chi connectivity index (χ4n) is 2.10. The highest BCUT2D eigenvalue weighted by Gasteiger charge is 2.02. The number of rotatable bonds is 6. The number of furan rings is 1. The molecule has 2 aromatic rings. The summed E-state index contributed by atoms with van der Waals surface area (Å²) in [5, 5.41) is 6.92. The molecule has 0 amide bonds. The molecule has 1 aromatic heterocycles. The third-order valence-electron chi connectivity index (χ3n) is 3.29. The lowest BCUT2D eigenvalue weighted by Gasteiger charge is -2.21. The summed E-state index contributed by atoms with van der Waals surface area (Å²) in [6, 6.07) is 10.2. The summed E-state index contributed by atoms with van der Waals surface area (Å²) in [5.41, 5.74) is 3.27. The van der Waals surface area contributed by atoms with Crippen molar-refractivity contribution in [2.75, 3.05) is 23.3 Å². The van der Waals surface area contributed by atoms with Gasteiger partial charge in [0.1, 0.15) is 0 Å². The monoisotopic (exact) mass is 303 g/mol.